The lowest BCUT2D eigenvalue weighted by atomic mass is 9.98. The fraction of sp³-hybridized carbons (Fsp3) is 0.412. The van der Waals surface area contributed by atoms with Gasteiger partial charge < -0.3 is 14.2 Å². The molecule has 1 N–H and O–H groups in total. The van der Waals surface area contributed by atoms with E-state index in [1.165, 1.54) is 4.90 Å². The molecular weight excluding hydrogens is 324 g/mol. The summed E-state index contributed by atoms with van der Waals surface area (Å²) in [5.41, 5.74) is 1.56. The normalized spacial score (nSPS) is 21.0. The van der Waals surface area contributed by atoms with Crippen LogP contribution in [0.5, 0.6) is 0 Å². The maximum absolute atomic E-state index is 12.5. The minimum atomic E-state index is -0.508. The molecule has 2 aliphatic rings. The highest BCUT2D eigenvalue weighted by Crippen LogP contribution is 2.29. The van der Waals surface area contributed by atoms with Crippen molar-refractivity contribution in [2.45, 2.75) is 18.8 Å². The Labute approximate surface area is 143 Å². The number of imide groups is 1. The molecule has 0 spiro atoms. The van der Waals surface area contributed by atoms with Crippen LogP contribution >= 0.6 is 0 Å². The number of amides is 4. The Hall–Kier alpha value is -2.90. The number of piperidine rings is 1. The van der Waals surface area contributed by atoms with Gasteiger partial charge in [0.1, 0.15) is 18.6 Å². The van der Waals surface area contributed by atoms with Crippen molar-refractivity contribution in [3.8, 4) is 0 Å². The second-order valence-electron chi connectivity index (χ2n) is 6.41. The lowest BCUT2D eigenvalue weighted by Gasteiger charge is -2.32. The smallest absolute Gasteiger partial charge is 0.325 e. The number of nitrogens with zero attached hydrogens (tertiary/aromatic N) is 3. The first kappa shape index (κ1) is 15.6. The molecule has 2 aromatic rings. The van der Waals surface area contributed by atoms with Crippen LogP contribution in [-0.4, -0.2) is 58.8 Å². The van der Waals surface area contributed by atoms with Gasteiger partial charge in [0.25, 0.3) is 0 Å². The molecule has 1 aromatic carbocycles. The lowest BCUT2D eigenvalue weighted by molar-refractivity contribution is -0.133. The maximum Gasteiger partial charge on any atom is 0.325 e. The van der Waals surface area contributed by atoms with E-state index in [1.54, 1.807) is 4.90 Å². The number of fused-ring (bicyclic) bond motifs is 1. The Morgan fingerprint density at radius 2 is 2.16 bits per heavy atom. The highest BCUT2D eigenvalue weighted by atomic mass is 16.3. The Morgan fingerprint density at radius 3 is 2.92 bits per heavy atom. The summed E-state index contributed by atoms with van der Waals surface area (Å²) in [6.45, 7) is 0.999. The van der Waals surface area contributed by atoms with Gasteiger partial charge in [0.15, 0.2) is 11.5 Å². The molecule has 0 aliphatic carbocycles. The Balaban J connectivity index is 1.44. The predicted octanol–water partition coefficient (Wildman–Crippen LogP) is 1.09. The average molecular weight is 342 g/mol. The summed E-state index contributed by atoms with van der Waals surface area (Å²) in [5, 5.41) is 2.18. The van der Waals surface area contributed by atoms with E-state index in [-0.39, 0.29) is 30.8 Å². The summed E-state index contributed by atoms with van der Waals surface area (Å²) in [5.74, 6) is 0.151. The van der Waals surface area contributed by atoms with E-state index in [9.17, 15) is 14.4 Å². The fourth-order valence-electron chi connectivity index (χ4n) is 3.34. The number of urea groups is 1. The number of oxazole rings is 1. The number of para-hydroxylation sites is 2. The van der Waals surface area contributed by atoms with Gasteiger partial charge in [-0.25, -0.2) is 9.78 Å². The van der Waals surface area contributed by atoms with Gasteiger partial charge in [-0.2, -0.15) is 0 Å². The van der Waals surface area contributed by atoms with E-state index in [0.717, 1.165) is 23.9 Å². The molecule has 4 amide bonds. The Bertz CT molecular complexity index is 813. The second-order valence-corrected chi connectivity index (χ2v) is 6.41. The van der Waals surface area contributed by atoms with Crippen molar-refractivity contribution in [3.05, 3.63) is 30.2 Å². The number of likely N-dealkylation sites (tertiary alicyclic amines) is 1. The molecule has 2 fully saturated rings. The molecule has 8 heteroatoms. The van der Waals surface area contributed by atoms with E-state index >= 15 is 0 Å². The third-order valence-electron chi connectivity index (χ3n) is 4.63. The number of nitrogens with one attached hydrogen (secondary N) is 1. The number of aromatic nitrogens is 1. The number of carbonyl (C=O) groups is 3. The number of benzene rings is 1. The number of rotatable bonds is 3. The van der Waals surface area contributed by atoms with Crippen LogP contribution in [0, 0.1) is 0 Å². The van der Waals surface area contributed by atoms with Crippen molar-refractivity contribution in [1.29, 1.82) is 0 Å². The minimum Gasteiger partial charge on any atom is -0.440 e. The molecule has 1 aromatic heterocycles. The SMILES string of the molecule is O=C1CN(CC(=O)N2CCCC(c3nc4ccccc4o3)C2)C(=O)N1. The summed E-state index contributed by atoms with van der Waals surface area (Å²) >= 11 is 0. The van der Waals surface area contributed by atoms with Crippen LogP contribution in [0.15, 0.2) is 28.7 Å². The summed E-state index contributed by atoms with van der Waals surface area (Å²) < 4.78 is 5.83. The lowest BCUT2D eigenvalue weighted by Crippen LogP contribution is -2.45. The third-order valence-corrected chi connectivity index (χ3v) is 4.63. The zero-order valence-corrected chi connectivity index (χ0v) is 13.6. The summed E-state index contributed by atoms with van der Waals surface area (Å²) in [7, 11) is 0. The molecule has 0 saturated carbocycles. The first-order valence-corrected chi connectivity index (χ1v) is 8.32. The highest BCUT2D eigenvalue weighted by Gasteiger charge is 2.32. The largest absolute Gasteiger partial charge is 0.440 e. The van der Waals surface area contributed by atoms with Crippen LogP contribution in [0.2, 0.25) is 0 Å². The van der Waals surface area contributed by atoms with Gasteiger partial charge in [0.05, 0.1) is 5.92 Å². The van der Waals surface area contributed by atoms with E-state index in [0.29, 0.717) is 19.0 Å². The number of carbonyl (C=O) groups excluding carboxylic acids is 3. The van der Waals surface area contributed by atoms with Gasteiger partial charge in [-0.1, -0.05) is 12.1 Å². The van der Waals surface area contributed by atoms with E-state index < -0.39 is 6.03 Å². The van der Waals surface area contributed by atoms with E-state index in [4.69, 9.17) is 4.42 Å². The molecule has 25 heavy (non-hydrogen) atoms. The van der Waals surface area contributed by atoms with Crippen LogP contribution in [0.25, 0.3) is 11.1 Å². The first-order chi connectivity index (χ1) is 12.1. The zero-order chi connectivity index (χ0) is 17.4. The van der Waals surface area contributed by atoms with Crippen molar-refractivity contribution in [1.82, 2.24) is 20.1 Å². The van der Waals surface area contributed by atoms with E-state index in [1.807, 2.05) is 24.3 Å². The van der Waals surface area contributed by atoms with Crippen LogP contribution in [0.3, 0.4) is 0 Å². The van der Waals surface area contributed by atoms with Gasteiger partial charge in [-0.15, -0.1) is 0 Å². The van der Waals surface area contributed by atoms with Crippen molar-refractivity contribution in [2.75, 3.05) is 26.2 Å². The molecule has 2 aliphatic heterocycles. The van der Waals surface area contributed by atoms with Gasteiger partial charge >= 0.3 is 6.03 Å². The highest BCUT2D eigenvalue weighted by molar-refractivity contribution is 6.03. The zero-order valence-electron chi connectivity index (χ0n) is 13.6. The summed E-state index contributed by atoms with van der Waals surface area (Å²) in [6, 6.07) is 7.08. The predicted molar refractivity (Wildman–Crippen MR) is 87.7 cm³/mol. The molecule has 0 bridgehead atoms. The Kier molecular flexibility index (Phi) is 3.87. The Morgan fingerprint density at radius 1 is 1.32 bits per heavy atom. The molecule has 4 rings (SSSR count). The topological polar surface area (TPSA) is 95.8 Å². The molecular formula is C17H18N4O4. The van der Waals surface area contributed by atoms with Crippen LogP contribution in [-0.2, 0) is 9.59 Å². The van der Waals surface area contributed by atoms with Crippen molar-refractivity contribution < 1.29 is 18.8 Å². The van der Waals surface area contributed by atoms with Crippen LogP contribution in [0.4, 0.5) is 4.79 Å². The third kappa shape index (κ3) is 3.07. The maximum atomic E-state index is 12.5. The van der Waals surface area contributed by atoms with Crippen LogP contribution in [0.1, 0.15) is 24.7 Å². The number of hydrogen-bond donors (Lipinski definition) is 1. The molecule has 1 unspecified atom stereocenters. The minimum absolute atomic E-state index is 0.0409. The van der Waals surface area contributed by atoms with Gasteiger partial charge in [0, 0.05) is 13.1 Å². The molecule has 3 heterocycles. The average Bonchev–Trinajstić information content (AvgIpc) is 3.18. The van der Waals surface area contributed by atoms with Gasteiger partial charge in [-0.3, -0.25) is 14.9 Å². The summed E-state index contributed by atoms with van der Waals surface area (Å²) in [4.78, 5) is 42.8. The first-order valence-electron chi connectivity index (χ1n) is 8.32. The molecule has 2 saturated heterocycles. The summed E-state index contributed by atoms with van der Waals surface area (Å²) in [6.07, 6.45) is 1.75. The monoisotopic (exact) mass is 342 g/mol. The van der Waals surface area contributed by atoms with E-state index in [2.05, 4.69) is 10.3 Å². The van der Waals surface area contributed by atoms with Crippen LogP contribution < -0.4 is 5.32 Å². The standard InChI is InChI=1S/C17H18N4O4/c22-14-9-21(17(24)19-14)10-15(23)20-7-3-4-11(8-20)16-18-12-5-1-2-6-13(12)25-16/h1-2,5-6,11H,3-4,7-10H2,(H,19,22,24). The fourth-order valence-corrected chi connectivity index (χ4v) is 3.34. The molecule has 8 nitrogen and oxygen atoms in total. The number of hydrogen-bond acceptors (Lipinski definition) is 5. The van der Waals surface area contributed by atoms with Gasteiger partial charge in [-0.05, 0) is 25.0 Å². The molecule has 0 radical (unpaired) electrons. The quantitative estimate of drug-likeness (QED) is 0.842. The van der Waals surface area contributed by atoms with Crippen molar-refractivity contribution in [3.63, 3.8) is 0 Å². The van der Waals surface area contributed by atoms with Crippen molar-refractivity contribution in [2.24, 2.45) is 0 Å². The second kappa shape index (κ2) is 6.19. The van der Waals surface area contributed by atoms with Gasteiger partial charge in [0.2, 0.25) is 11.8 Å². The van der Waals surface area contributed by atoms with Crippen molar-refractivity contribution >= 4 is 28.9 Å². The molecule has 1 atom stereocenters. The molecule has 130 valence electrons.